The molecule has 1 aliphatic rings. The highest BCUT2D eigenvalue weighted by Gasteiger charge is 2.36. The molecule has 3 atom stereocenters. The van der Waals surface area contributed by atoms with Crippen LogP contribution >= 0.6 is 0 Å². The summed E-state index contributed by atoms with van der Waals surface area (Å²) < 4.78 is 26.5. The lowest BCUT2D eigenvalue weighted by molar-refractivity contribution is -0.243. The fourth-order valence-electron chi connectivity index (χ4n) is 4.83. The van der Waals surface area contributed by atoms with E-state index >= 15 is 0 Å². The lowest BCUT2D eigenvalue weighted by Crippen LogP contribution is -2.30. The van der Waals surface area contributed by atoms with Gasteiger partial charge in [0.1, 0.15) is 11.6 Å². The molecule has 6 nitrogen and oxygen atoms in total. The predicted octanol–water partition coefficient (Wildman–Crippen LogP) is 6.89. The van der Waals surface area contributed by atoms with E-state index in [1.54, 1.807) is 24.3 Å². The highest BCUT2D eigenvalue weighted by molar-refractivity contribution is 5.91. The van der Waals surface area contributed by atoms with Gasteiger partial charge in [0.05, 0.1) is 18.4 Å². The van der Waals surface area contributed by atoms with Gasteiger partial charge in [-0.2, -0.15) is 0 Å². The van der Waals surface area contributed by atoms with E-state index < -0.39 is 18.4 Å². The predicted molar refractivity (Wildman–Crippen MR) is 138 cm³/mol. The maximum atomic E-state index is 13.7. The Labute approximate surface area is 214 Å². The molecule has 0 saturated carbocycles. The number of carboxylic acids is 1. The number of ether oxygens (including phenoxy) is 2. The first kappa shape index (κ1) is 24.7. The van der Waals surface area contributed by atoms with E-state index in [0.29, 0.717) is 25.0 Å². The first-order valence-corrected chi connectivity index (χ1v) is 12.3. The Balaban J connectivity index is 1.49. The lowest BCUT2D eigenvalue weighted by Gasteiger charge is -2.37. The van der Waals surface area contributed by atoms with Crippen molar-refractivity contribution in [1.29, 1.82) is 0 Å². The number of rotatable bonds is 8. The number of phenolic OH excluding ortho intramolecular Hbond substituents is 1. The molecule has 2 heterocycles. The van der Waals surface area contributed by atoms with Crippen molar-refractivity contribution < 1.29 is 28.9 Å². The third-order valence-corrected chi connectivity index (χ3v) is 6.65. The van der Waals surface area contributed by atoms with Crippen molar-refractivity contribution in [2.45, 2.75) is 31.7 Å². The number of aromatic nitrogens is 1. The Morgan fingerprint density at radius 1 is 1.03 bits per heavy atom. The summed E-state index contributed by atoms with van der Waals surface area (Å²) in [5, 5.41) is 20.5. The number of halogens is 1. The van der Waals surface area contributed by atoms with Crippen LogP contribution in [0, 0.1) is 11.7 Å². The number of phenols is 1. The maximum Gasteiger partial charge on any atom is 0.303 e. The van der Waals surface area contributed by atoms with Crippen LogP contribution < -0.4 is 0 Å². The molecule has 3 N–H and O–H groups in total. The van der Waals surface area contributed by atoms with Crippen LogP contribution in [0.25, 0.3) is 22.2 Å². The number of benzene rings is 3. The molecule has 1 saturated heterocycles. The Morgan fingerprint density at radius 3 is 2.57 bits per heavy atom. The summed E-state index contributed by atoms with van der Waals surface area (Å²) in [6, 6.07) is 21.2. The second-order valence-corrected chi connectivity index (χ2v) is 9.15. The molecule has 3 unspecified atom stereocenters. The molecule has 1 aliphatic heterocycles. The van der Waals surface area contributed by atoms with Crippen LogP contribution in [0.4, 0.5) is 4.39 Å². The van der Waals surface area contributed by atoms with Crippen LogP contribution in [0.1, 0.15) is 42.8 Å². The van der Waals surface area contributed by atoms with Crippen molar-refractivity contribution in [3.63, 3.8) is 0 Å². The standard InChI is InChI=1S/C30H28FNO5/c31-21-16-14-19(15-17-21)28-27(22-9-4-6-11-24(22)32-28)30-36-18-20(8-2-1-3-13-26(34)35)29(37-30)23-10-5-7-12-25(23)33/h1-2,4-7,9-12,14-17,20,29-30,32-33H,3,8,13,18H2,(H,34,35)/b2-1-. The summed E-state index contributed by atoms with van der Waals surface area (Å²) in [4.78, 5) is 14.2. The molecule has 1 fully saturated rings. The Kier molecular flexibility index (Phi) is 7.35. The zero-order chi connectivity index (χ0) is 25.8. The number of nitrogens with one attached hydrogen (secondary N) is 1. The molecule has 7 heteroatoms. The summed E-state index contributed by atoms with van der Waals surface area (Å²) in [6.07, 6.45) is 3.74. The summed E-state index contributed by atoms with van der Waals surface area (Å²) >= 11 is 0. The third kappa shape index (κ3) is 5.43. The van der Waals surface area contributed by atoms with E-state index in [0.717, 1.165) is 27.7 Å². The SMILES string of the molecule is O=C(O)CC/C=C\CC1COC(c2c(-c3ccc(F)cc3)[nH]c3ccccc23)OC1c1ccccc1O. The van der Waals surface area contributed by atoms with Gasteiger partial charge >= 0.3 is 5.97 Å². The molecule has 190 valence electrons. The fourth-order valence-corrected chi connectivity index (χ4v) is 4.83. The number of aromatic hydroxyl groups is 1. The van der Waals surface area contributed by atoms with Gasteiger partial charge in [0.2, 0.25) is 0 Å². The third-order valence-electron chi connectivity index (χ3n) is 6.65. The number of para-hydroxylation sites is 2. The van der Waals surface area contributed by atoms with E-state index in [9.17, 15) is 14.3 Å². The van der Waals surface area contributed by atoms with E-state index in [1.165, 1.54) is 12.1 Å². The van der Waals surface area contributed by atoms with Crippen molar-refractivity contribution in [2.24, 2.45) is 5.92 Å². The molecule has 0 amide bonds. The van der Waals surface area contributed by atoms with Crippen LogP contribution in [0.3, 0.4) is 0 Å². The van der Waals surface area contributed by atoms with Crippen LogP contribution in [-0.2, 0) is 14.3 Å². The van der Waals surface area contributed by atoms with Crippen molar-refractivity contribution in [3.8, 4) is 17.0 Å². The molecular weight excluding hydrogens is 473 g/mol. The van der Waals surface area contributed by atoms with Crippen LogP contribution in [0.5, 0.6) is 5.75 Å². The molecule has 37 heavy (non-hydrogen) atoms. The summed E-state index contributed by atoms with van der Waals surface area (Å²) in [7, 11) is 0. The number of carbonyl (C=O) groups is 1. The van der Waals surface area contributed by atoms with Crippen LogP contribution in [-0.4, -0.2) is 27.8 Å². The fraction of sp³-hybridized carbons (Fsp3) is 0.233. The monoisotopic (exact) mass is 501 g/mol. The number of hydrogen-bond donors (Lipinski definition) is 3. The van der Waals surface area contributed by atoms with E-state index in [-0.39, 0.29) is 23.9 Å². The van der Waals surface area contributed by atoms with Gasteiger partial charge in [-0.05, 0) is 54.8 Å². The minimum absolute atomic E-state index is 0.0753. The number of H-pyrrole nitrogens is 1. The molecular formula is C30H28FNO5. The number of fused-ring (bicyclic) bond motifs is 1. The van der Waals surface area contributed by atoms with E-state index in [1.807, 2.05) is 48.6 Å². The van der Waals surface area contributed by atoms with E-state index in [4.69, 9.17) is 14.6 Å². The van der Waals surface area contributed by atoms with Gasteiger partial charge in [-0.3, -0.25) is 4.79 Å². The smallest absolute Gasteiger partial charge is 0.303 e. The van der Waals surface area contributed by atoms with Gasteiger partial charge in [-0.25, -0.2) is 4.39 Å². The van der Waals surface area contributed by atoms with Crippen LogP contribution in [0.15, 0.2) is 84.9 Å². The van der Waals surface area contributed by atoms with Crippen LogP contribution in [0.2, 0.25) is 0 Å². The molecule has 4 aromatic rings. The first-order valence-electron chi connectivity index (χ1n) is 12.3. The normalized spacial score (nSPS) is 20.0. The second-order valence-electron chi connectivity index (χ2n) is 9.15. The van der Waals surface area contributed by atoms with Crippen molar-refractivity contribution in [1.82, 2.24) is 4.98 Å². The average Bonchev–Trinajstić information content (AvgIpc) is 3.29. The molecule has 0 aliphatic carbocycles. The topological polar surface area (TPSA) is 91.8 Å². The minimum atomic E-state index is -0.834. The van der Waals surface area contributed by atoms with E-state index in [2.05, 4.69) is 4.98 Å². The highest BCUT2D eigenvalue weighted by atomic mass is 19.1. The maximum absolute atomic E-state index is 13.7. The van der Waals surface area contributed by atoms with Gasteiger partial charge in [-0.15, -0.1) is 0 Å². The minimum Gasteiger partial charge on any atom is -0.508 e. The summed E-state index contributed by atoms with van der Waals surface area (Å²) in [5.74, 6) is -1.10. The molecule has 1 aromatic heterocycles. The van der Waals surface area contributed by atoms with Gasteiger partial charge in [0, 0.05) is 34.4 Å². The summed E-state index contributed by atoms with van der Waals surface area (Å²) in [6.45, 7) is 0.370. The Morgan fingerprint density at radius 2 is 1.78 bits per heavy atom. The summed E-state index contributed by atoms with van der Waals surface area (Å²) in [5.41, 5.74) is 3.99. The molecule has 0 bridgehead atoms. The zero-order valence-electron chi connectivity index (χ0n) is 20.1. The molecule has 3 aromatic carbocycles. The van der Waals surface area contributed by atoms with Gasteiger partial charge in [-0.1, -0.05) is 48.6 Å². The lowest BCUT2D eigenvalue weighted by atomic mass is 9.91. The first-order chi connectivity index (χ1) is 18.0. The molecule has 5 rings (SSSR count). The molecule has 0 radical (unpaired) electrons. The van der Waals surface area contributed by atoms with Crippen molar-refractivity contribution >= 4 is 16.9 Å². The number of carboxylic acid groups (broad SMARTS) is 1. The van der Waals surface area contributed by atoms with Crippen molar-refractivity contribution in [2.75, 3.05) is 6.61 Å². The highest BCUT2D eigenvalue weighted by Crippen LogP contribution is 2.46. The zero-order valence-corrected chi connectivity index (χ0v) is 20.1. The number of aliphatic carboxylic acids is 1. The number of hydrogen-bond acceptors (Lipinski definition) is 4. The molecule has 0 spiro atoms. The van der Waals surface area contributed by atoms with Gasteiger partial charge in [0.25, 0.3) is 0 Å². The quantitative estimate of drug-likeness (QED) is 0.229. The van der Waals surface area contributed by atoms with Gasteiger partial charge < -0.3 is 24.7 Å². The Hall–Kier alpha value is -3.94. The largest absolute Gasteiger partial charge is 0.508 e. The number of allylic oxidation sites excluding steroid dienone is 2. The Bertz CT molecular complexity index is 1410. The van der Waals surface area contributed by atoms with Gasteiger partial charge in [0.15, 0.2) is 6.29 Å². The second kappa shape index (κ2) is 11.0. The van der Waals surface area contributed by atoms with Crippen molar-refractivity contribution in [3.05, 3.63) is 102 Å². The number of aromatic amines is 1. The average molecular weight is 502 g/mol.